The molecule has 1 amide bonds. The van der Waals surface area contributed by atoms with E-state index in [1.165, 1.54) is 5.69 Å². The van der Waals surface area contributed by atoms with Gasteiger partial charge in [0.05, 0.1) is 5.69 Å². The minimum Gasteiger partial charge on any atom is -0.484 e. The SMILES string of the molecule is Cc1cc(C)n(CC2CCN(C(=O)COc3ccccc3)CC2)n1. The fourth-order valence-corrected chi connectivity index (χ4v) is 3.22. The summed E-state index contributed by atoms with van der Waals surface area (Å²) in [5, 5.41) is 4.54. The van der Waals surface area contributed by atoms with Crippen LogP contribution in [-0.2, 0) is 11.3 Å². The summed E-state index contributed by atoms with van der Waals surface area (Å²) >= 11 is 0. The smallest absolute Gasteiger partial charge is 0.260 e. The van der Waals surface area contributed by atoms with Crippen molar-refractivity contribution in [1.82, 2.24) is 14.7 Å². The fourth-order valence-electron chi connectivity index (χ4n) is 3.22. The van der Waals surface area contributed by atoms with Gasteiger partial charge in [-0.3, -0.25) is 9.48 Å². The third kappa shape index (κ3) is 4.16. The average Bonchev–Trinajstić information content (AvgIpc) is 2.91. The number of para-hydroxylation sites is 1. The molecule has 2 aromatic rings. The average molecular weight is 327 g/mol. The minimum absolute atomic E-state index is 0.0726. The molecule has 3 rings (SSSR count). The molecule has 0 unspecified atom stereocenters. The molecule has 0 bridgehead atoms. The molecule has 1 aliphatic heterocycles. The van der Waals surface area contributed by atoms with Gasteiger partial charge in [-0.05, 0) is 50.8 Å². The molecule has 0 radical (unpaired) electrons. The van der Waals surface area contributed by atoms with Crippen molar-refractivity contribution >= 4 is 5.91 Å². The maximum Gasteiger partial charge on any atom is 0.260 e. The zero-order chi connectivity index (χ0) is 16.9. The number of hydrogen-bond donors (Lipinski definition) is 0. The van der Waals surface area contributed by atoms with Gasteiger partial charge >= 0.3 is 0 Å². The van der Waals surface area contributed by atoms with Gasteiger partial charge in [-0.2, -0.15) is 5.10 Å². The van der Waals surface area contributed by atoms with Gasteiger partial charge in [-0.1, -0.05) is 18.2 Å². The predicted octanol–water partition coefficient (Wildman–Crippen LogP) is 2.82. The lowest BCUT2D eigenvalue weighted by Gasteiger charge is -2.32. The molecule has 0 N–H and O–H groups in total. The molecule has 1 aromatic carbocycles. The number of aryl methyl sites for hydroxylation is 2. The van der Waals surface area contributed by atoms with E-state index in [2.05, 4.69) is 22.8 Å². The second kappa shape index (κ2) is 7.51. The third-order valence-electron chi connectivity index (χ3n) is 4.61. The second-order valence-corrected chi connectivity index (χ2v) is 6.54. The van der Waals surface area contributed by atoms with Crippen LogP contribution in [0.15, 0.2) is 36.4 Å². The maximum atomic E-state index is 12.3. The molecule has 5 nitrogen and oxygen atoms in total. The van der Waals surface area contributed by atoms with Crippen LogP contribution in [0.5, 0.6) is 5.75 Å². The molecule has 1 fully saturated rings. The molecule has 1 saturated heterocycles. The van der Waals surface area contributed by atoms with Gasteiger partial charge in [-0.15, -0.1) is 0 Å². The molecule has 0 spiro atoms. The number of likely N-dealkylation sites (tertiary alicyclic amines) is 1. The van der Waals surface area contributed by atoms with Crippen LogP contribution >= 0.6 is 0 Å². The standard InChI is InChI=1S/C19H25N3O2/c1-15-12-16(2)22(20-15)13-17-8-10-21(11-9-17)19(23)14-24-18-6-4-3-5-7-18/h3-7,12,17H,8-11,13-14H2,1-2H3. The zero-order valence-electron chi connectivity index (χ0n) is 14.4. The van der Waals surface area contributed by atoms with E-state index in [1.807, 2.05) is 42.2 Å². The highest BCUT2D eigenvalue weighted by molar-refractivity contribution is 5.77. The van der Waals surface area contributed by atoms with Crippen molar-refractivity contribution in [3.05, 3.63) is 47.8 Å². The molecule has 0 saturated carbocycles. The van der Waals surface area contributed by atoms with E-state index < -0.39 is 0 Å². The van der Waals surface area contributed by atoms with Gasteiger partial charge in [0.15, 0.2) is 6.61 Å². The molecular weight excluding hydrogens is 302 g/mol. The quantitative estimate of drug-likeness (QED) is 0.848. The molecule has 24 heavy (non-hydrogen) atoms. The molecular formula is C19H25N3O2. The summed E-state index contributed by atoms with van der Waals surface area (Å²) in [4.78, 5) is 14.2. The van der Waals surface area contributed by atoms with Crippen LogP contribution in [0.1, 0.15) is 24.2 Å². The van der Waals surface area contributed by atoms with E-state index in [1.54, 1.807) is 0 Å². The number of hydrogen-bond acceptors (Lipinski definition) is 3. The zero-order valence-corrected chi connectivity index (χ0v) is 14.4. The van der Waals surface area contributed by atoms with Gasteiger partial charge in [0.2, 0.25) is 0 Å². The summed E-state index contributed by atoms with van der Waals surface area (Å²) in [6.07, 6.45) is 2.05. The van der Waals surface area contributed by atoms with Crippen LogP contribution in [0.2, 0.25) is 0 Å². The first-order valence-corrected chi connectivity index (χ1v) is 8.58. The number of nitrogens with zero attached hydrogens (tertiary/aromatic N) is 3. The summed E-state index contributed by atoms with van der Waals surface area (Å²) < 4.78 is 7.65. The van der Waals surface area contributed by atoms with Gasteiger partial charge in [0, 0.05) is 25.3 Å². The van der Waals surface area contributed by atoms with E-state index in [9.17, 15) is 4.79 Å². The summed E-state index contributed by atoms with van der Waals surface area (Å²) in [6, 6.07) is 11.6. The largest absolute Gasteiger partial charge is 0.484 e. The highest BCUT2D eigenvalue weighted by Crippen LogP contribution is 2.20. The minimum atomic E-state index is 0.0726. The first kappa shape index (κ1) is 16.6. The highest BCUT2D eigenvalue weighted by Gasteiger charge is 2.23. The predicted molar refractivity (Wildman–Crippen MR) is 92.9 cm³/mol. The molecule has 1 aliphatic rings. The maximum absolute atomic E-state index is 12.3. The molecule has 1 aromatic heterocycles. The van der Waals surface area contributed by atoms with E-state index in [0.29, 0.717) is 5.92 Å². The number of aromatic nitrogens is 2. The number of rotatable bonds is 5. The highest BCUT2D eigenvalue weighted by atomic mass is 16.5. The topological polar surface area (TPSA) is 47.4 Å². The Bertz CT molecular complexity index is 673. The molecule has 0 atom stereocenters. The number of carbonyl (C=O) groups excluding carboxylic acids is 1. The van der Waals surface area contributed by atoms with E-state index in [4.69, 9.17) is 4.74 Å². The van der Waals surface area contributed by atoms with E-state index in [-0.39, 0.29) is 12.5 Å². The Balaban J connectivity index is 1.44. The lowest BCUT2D eigenvalue weighted by Crippen LogP contribution is -2.41. The fraction of sp³-hybridized carbons (Fsp3) is 0.474. The number of ether oxygens (including phenoxy) is 1. The van der Waals surface area contributed by atoms with E-state index in [0.717, 1.165) is 43.9 Å². The summed E-state index contributed by atoms with van der Waals surface area (Å²) in [5.74, 6) is 1.40. The van der Waals surface area contributed by atoms with Crippen molar-refractivity contribution in [3.8, 4) is 5.75 Å². The Morgan fingerprint density at radius 3 is 2.54 bits per heavy atom. The van der Waals surface area contributed by atoms with Crippen LogP contribution in [-0.4, -0.2) is 40.3 Å². The second-order valence-electron chi connectivity index (χ2n) is 6.54. The van der Waals surface area contributed by atoms with Crippen molar-refractivity contribution in [2.24, 2.45) is 5.92 Å². The van der Waals surface area contributed by atoms with E-state index >= 15 is 0 Å². The lowest BCUT2D eigenvalue weighted by atomic mass is 9.97. The third-order valence-corrected chi connectivity index (χ3v) is 4.61. The number of carbonyl (C=O) groups is 1. The Morgan fingerprint density at radius 2 is 1.92 bits per heavy atom. The van der Waals surface area contributed by atoms with Crippen molar-refractivity contribution in [2.45, 2.75) is 33.2 Å². The molecule has 0 aliphatic carbocycles. The van der Waals surface area contributed by atoms with Crippen molar-refractivity contribution < 1.29 is 9.53 Å². The Morgan fingerprint density at radius 1 is 1.21 bits per heavy atom. The first-order valence-electron chi connectivity index (χ1n) is 8.58. The number of piperidine rings is 1. The Labute approximate surface area is 143 Å². The van der Waals surface area contributed by atoms with Crippen molar-refractivity contribution in [1.29, 1.82) is 0 Å². The summed E-state index contributed by atoms with van der Waals surface area (Å²) in [6.45, 7) is 6.80. The van der Waals surface area contributed by atoms with Gasteiger partial charge in [0.25, 0.3) is 5.91 Å². The van der Waals surface area contributed by atoms with Crippen LogP contribution < -0.4 is 4.74 Å². The molecule has 128 valence electrons. The Kier molecular flexibility index (Phi) is 5.18. The number of amides is 1. The number of benzene rings is 1. The lowest BCUT2D eigenvalue weighted by molar-refractivity contribution is -0.134. The van der Waals surface area contributed by atoms with Crippen molar-refractivity contribution in [2.75, 3.05) is 19.7 Å². The van der Waals surface area contributed by atoms with Crippen molar-refractivity contribution in [3.63, 3.8) is 0 Å². The summed E-state index contributed by atoms with van der Waals surface area (Å²) in [7, 11) is 0. The van der Waals surface area contributed by atoms with Crippen LogP contribution in [0.25, 0.3) is 0 Å². The summed E-state index contributed by atoms with van der Waals surface area (Å²) in [5.41, 5.74) is 2.28. The monoisotopic (exact) mass is 327 g/mol. The molecule has 5 heteroatoms. The molecule has 2 heterocycles. The van der Waals surface area contributed by atoms with Crippen LogP contribution in [0.4, 0.5) is 0 Å². The van der Waals surface area contributed by atoms with Crippen LogP contribution in [0, 0.1) is 19.8 Å². The normalized spacial score (nSPS) is 15.5. The van der Waals surface area contributed by atoms with Gasteiger partial charge in [0.1, 0.15) is 5.75 Å². The first-order chi connectivity index (χ1) is 11.6. The van der Waals surface area contributed by atoms with Crippen LogP contribution in [0.3, 0.4) is 0 Å². The van der Waals surface area contributed by atoms with Gasteiger partial charge in [-0.25, -0.2) is 0 Å². The Hall–Kier alpha value is -2.30. The van der Waals surface area contributed by atoms with Gasteiger partial charge < -0.3 is 9.64 Å².